The molecule has 1 aliphatic rings. The molecular formula is C17H26N2O2. The molecule has 1 heterocycles. The minimum absolute atomic E-state index is 0.222. The maximum Gasteiger partial charge on any atom is 0.335 e. The third-order valence-corrected chi connectivity index (χ3v) is 4.60. The largest absolute Gasteiger partial charge is 0.478 e. The number of hydrogen-bond donors (Lipinski definition) is 1. The molecule has 0 bridgehead atoms. The molecule has 1 fully saturated rings. The van der Waals surface area contributed by atoms with Gasteiger partial charge in [-0.3, -0.25) is 0 Å². The van der Waals surface area contributed by atoms with Crippen LogP contribution in [0.15, 0.2) is 12.1 Å². The molecule has 116 valence electrons. The molecule has 2 atom stereocenters. The number of carboxylic acid groups (broad SMARTS) is 1. The molecule has 0 spiro atoms. The number of rotatable bonds is 4. The predicted octanol–water partition coefficient (Wildman–Crippen LogP) is 3.92. The summed E-state index contributed by atoms with van der Waals surface area (Å²) in [4.78, 5) is 18.2. The van der Waals surface area contributed by atoms with Crippen LogP contribution in [0.25, 0.3) is 0 Å². The number of hydrogen-bond acceptors (Lipinski definition) is 3. The fraction of sp³-hybridized carbons (Fsp3) is 0.647. The summed E-state index contributed by atoms with van der Waals surface area (Å²) in [5.74, 6) is 0.754. The van der Waals surface area contributed by atoms with Crippen molar-refractivity contribution in [2.45, 2.75) is 58.4 Å². The van der Waals surface area contributed by atoms with Gasteiger partial charge in [0.2, 0.25) is 0 Å². The quantitative estimate of drug-likeness (QED) is 0.913. The molecule has 1 aliphatic carbocycles. The molecule has 4 heteroatoms. The first-order chi connectivity index (χ1) is 9.90. The third-order valence-electron chi connectivity index (χ3n) is 4.60. The Balaban J connectivity index is 2.34. The van der Waals surface area contributed by atoms with Gasteiger partial charge in [-0.25, -0.2) is 9.78 Å². The van der Waals surface area contributed by atoms with Crippen molar-refractivity contribution in [2.75, 3.05) is 11.9 Å². The Hall–Kier alpha value is -1.58. The average Bonchev–Trinajstić information content (AvgIpc) is 2.46. The molecule has 2 rings (SSSR count). The van der Waals surface area contributed by atoms with E-state index in [9.17, 15) is 9.90 Å². The molecule has 21 heavy (non-hydrogen) atoms. The van der Waals surface area contributed by atoms with Gasteiger partial charge in [0, 0.05) is 18.8 Å². The summed E-state index contributed by atoms with van der Waals surface area (Å²) in [5.41, 5.74) is 1.18. The number of aromatic carboxylic acids is 1. The van der Waals surface area contributed by atoms with Crippen molar-refractivity contribution in [1.82, 2.24) is 4.98 Å². The van der Waals surface area contributed by atoms with E-state index in [1.165, 1.54) is 19.3 Å². The van der Waals surface area contributed by atoms with E-state index in [0.717, 1.165) is 17.9 Å². The molecule has 1 saturated carbocycles. The zero-order valence-corrected chi connectivity index (χ0v) is 13.5. The van der Waals surface area contributed by atoms with Crippen LogP contribution in [-0.2, 0) is 0 Å². The van der Waals surface area contributed by atoms with Crippen molar-refractivity contribution in [3.05, 3.63) is 23.4 Å². The fourth-order valence-electron chi connectivity index (χ4n) is 3.18. The van der Waals surface area contributed by atoms with Gasteiger partial charge in [0.1, 0.15) is 5.82 Å². The van der Waals surface area contributed by atoms with Gasteiger partial charge in [-0.05, 0) is 36.8 Å². The minimum atomic E-state index is -0.884. The fourth-order valence-corrected chi connectivity index (χ4v) is 3.18. The van der Waals surface area contributed by atoms with Gasteiger partial charge >= 0.3 is 5.97 Å². The highest BCUT2D eigenvalue weighted by Gasteiger charge is 2.26. The topological polar surface area (TPSA) is 53.4 Å². The average molecular weight is 290 g/mol. The van der Waals surface area contributed by atoms with Crippen LogP contribution >= 0.6 is 0 Å². The number of aromatic nitrogens is 1. The van der Waals surface area contributed by atoms with Crippen molar-refractivity contribution >= 4 is 11.8 Å². The van der Waals surface area contributed by atoms with Gasteiger partial charge in [0.15, 0.2) is 0 Å². The predicted molar refractivity (Wildman–Crippen MR) is 85.1 cm³/mol. The molecule has 1 aromatic rings. The smallest absolute Gasteiger partial charge is 0.335 e. The van der Waals surface area contributed by atoms with Gasteiger partial charge in [0.05, 0.1) is 5.56 Å². The zero-order valence-electron chi connectivity index (χ0n) is 13.5. The van der Waals surface area contributed by atoms with Crippen LogP contribution in [0, 0.1) is 5.92 Å². The van der Waals surface area contributed by atoms with Crippen LogP contribution in [0.5, 0.6) is 0 Å². The van der Waals surface area contributed by atoms with Gasteiger partial charge < -0.3 is 10.0 Å². The highest BCUT2D eigenvalue weighted by molar-refractivity contribution is 5.88. The van der Waals surface area contributed by atoms with Gasteiger partial charge in [-0.2, -0.15) is 0 Å². The summed E-state index contributed by atoms with van der Waals surface area (Å²) in [6.45, 7) is 6.37. The Bertz CT molecular complexity index is 514. The van der Waals surface area contributed by atoms with E-state index in [2.05, 4.69) is 16.8 Å². The van der Waals surface area contributed by atoms with Crippen LogP contribution in [0.3, 0.4) is 0 Å². The van der Waals surface area contributed by atoms with E-state index in [-0.39, 0.29) is 5.92 Å². The first-order valence-electron chi connectivity index (χ1n) is 7.88. The van der Waals surface area contributed by atoms with Crippen LogP contribution in [0.2, 0.25) is 0 Å². The van der Waals surface area contributed by atoms with Crippen molar-refractivity contribution in [3.8, 4) is 0 Å². The Morgan fingerprint density at radius 1 is 1.33 bits per heavy atom. The SMILES string of the molecule is CC(C)c1cc(C(=O)O)cc(N(C)C2CCCCC2C)n1. The zero-order chi connectivity index (χ0) is 15.6. The summed E-state index contributed by atoms with van der Waals surface area (Å²) in [5, 5.41) is 9.31. The number of anilines is 1. The normalized spacial score (nSPS) is 22.3. The second-order valence-corrected chi connectivity index (χ2v) is 6.54. The molecule has 0 aliphatic heterocycles. The summed E-state index contributed by atoms with van der Waals surface area (Å²) < 4.78 is 0. The van der Waals surface area contributed by atoms with E-state index in [4.69, 9.17) is 0 Å². The molecule has 0 saturated heterocycles. The monoisotopic (exact) mass is 290 g/mol. The Morgan fingerprint density at radius 2 is 2.00 bits per heavy atom. The molecule has 0 amide bonds. The summed E-state index contributed by atoms with van der Waals surface area (Å²) >= 11 is 0. The van der Waals surface area contributed by atoms with E-state index >= 15 is 0 Å². The summed E-state index contributed by atoms with van der Waals surface area (Å²) in [6.07, 6.45) is 4.94. The lowest BCUT2D eigenvalue weighted by Gasteiger charge is -2.37. The standard InChI is InChI=1S/C17H26N2O2/c1-11(2)14-9-13(17(20)21)10-16(18-14)19(4)15-8-6-5-7-12(15)3/h9-12,15H,5-8H2,1-4H3,(H,20,21). The number of carboxylic acids is 1. The second kappa shape index (κ2) is 6.46. The van der Waals surface area contributed by atoms with Gasteiger partial charge in [-0.15, -0.1) is 0 Å². The Labute approximate surface area is 127 Å². The number of pyridine rings is 1. The first kappa shape index (κ1) is 15.8. The Kier molecular flexibility index (Phi) is 4.86. The van der Waals surface area contributed by atoms with Crippen LogP contribution < -0.4 is 4.90 Å². The van der Waals surface area contributed by atoms with Crippen LogP contribution in [0.1, 0.15) is 68.4 Å². The second-order valence-electron chi connectivity index (χ2n) is 6.54. The van der Waals surface area contributed by atoms with E-state index in [0.29, 0.717) is 17.5 Å². The number of nitrogens with zero attached hydrogens (tertiary/aromatic N) is 2. The van der Waals surface area contributed by atoms with Crippen molar-refractivity contribution in [2.24, 2.45) is 5.92 Å². The van der Waals surface area contributed by atoms with Gasteiger partial charge in [0.25, 0.3) is 0 Å². The van der Waals surface area contributed by atoms with Crippen LogP contribution in [0.4, 0.5) is 5.82 Å². The lowest BCUT2D eigenvalue weighted by Crippen LogP contribution is -2.39. The van der Waals surface area contributed by atoms with E-state index < -0.39 is 5.97 Å². The highest BCUT2D eigenvalue weighted by Crippen LogP contribution is 2.30. The van der Waals surface area contributed by atoms with E-state index in [1.54, 1.807) is 12.1 Å². The lowest BCUT2D eigenvalue weighted by atomic mass is 9.85. The van der Waals surface area contributed by atoms with Crippen LogP contribution in [-0.4, -0.2) is 29.1 Å². The molecule has 0 aromatic carbocycles. The molecule has 0 radical (unpaired) electrons. The highest BCUT2D eigenvalue weighted by atomic mass is 16.4. The third kappa shape index (κ3) is 3.55. The Morgan fingerprint density at radius 3 is 2.57 bits per heavy atom. The molecule has 1 aromatic heterocycles. The molecular weight excluding hydrogens is 264 g/mol. The molecule has 1 N–H and O–H groups in total. The summed E-state index contributed by atoms with van der Waals surface area (Å²) in [7, 11) is 2.05. The van der Waals surface area contributed by atoms with Crippen molar-refractivity contribution in [1.29, 1.82) is 0 Å². The molecule has 4 nitrogen and oxygen atoms in total. The van der Waals surface area contributed by atoms with E-state index in [1.807, 2.05) is 20.9 Å². The number of carbonyl (C=O) groups is 1. The summed E-state index contributed by atoms with van der Waals surface area (Å²) in [6, 6.07) is 3.85. The lowest BCUT2D eigenvalue weighted by molar-refractivity contribution is 0.0696. The molecule has 2 unspecified atom stereocenters. The van der Waals surface area contributed by atoms with Gasteiger partial charge in [-0.1, -0.05) is 33.6 Å². The maximum atomic E-state index is 11.3. The minimum Gasteiger partial charge on any atom is -0.478 e. The van der Waals surface area contributed by atoms with Crippen molar-refractivity contribution in [3.63, 3.8) is 0 Å². The maximum absolute atomic E-state index is 11.3. The van der Waals surface area contributed by atoms with Crippen molar-refractivity contribution < 1.29 is 9.90 Å². The first-order valence-corrected chi connectivity index (χ1v) is 7.88.